The van der Waals surface area contributed by atoms with Crippen molar-refractivity contribution in [3.05, 3.63) is 34.1 Å². The van der Waals surface area contributed by atoms with Gasteiger partial charge in [-0.15, -0.1) is 10.2 Å². The summed E-state index contributed by atoms with van der Waals surface area (Å²) in [7, 11) is 0. The highest BCUT2D eigenvalue weighted by molar-refractivity contribution is 5.84. The molecule has 1 aromatic carbocycles. The summed E-state index contributed by atoms with van der Waals surface area (Å²) >= 11 is 0. The van der Waals surface area contributed by atoms with Gasteiger partial charge in [-0.1, -0.05) is 13.8 Å². The van der Waals surface area contributed by atoms with Crippen LogP contribution in [0.15, 0.2) is 18.2 Å². The average molecular weight is 399 g/mol. The zero-order valence-corrected chi connectivity index (χ0v) is 16.8. The Bertz CT molecular complexity index is 1050. The first-order chi connectivity index (χ1) is 13.9. The minimum absolute atomic E-state index is 0.0156. The number of hydrogen-bond donors (Lipinski definition) is 2. The number of unbranched alkanes of at least 4 members (excludes halogenated alkanes) is 1. The van der Waals surface area contributed by atoms with Gasteiger partial charge in [0, 0.05) is 31.6 Å². The standard InChI is InChI=1S/C19H25N7O3/c1-12(2)10-17(27)20-8-4-5-9-21-18-19-24-23-13(3)25(19)16-7-6-14(26(28)29)11-15(16)22-18/h6-7,11-12H,4-5,8-10H2,1-3H3,(H,20,27)(H,21,22). The molecule has 10 nitrogen and oxygen atoms in total. The van der Waals surface area contributed by atoms with E-state index in [9.17, 15) is 14.9 Å². The summed E-state index contributed by atoms with van der Waals surface area (Å²) in [5, 5.41) is 25.6. The fourth-order valence-corrected chi connectivity index (χ4v) is 3.12. The smallest absolute Gasteiger partial charge is 0.271 e. The maximum absolute atomic E-state index is 11.7. The number of benzene rings is 1. The second-order valence-corrected chi connectivity index (χ2v) is 7.38. The molecule has 29 heavy (non-hydrogen) atoms. The van der Waals surface area contributed by atoms with E-state index in [2.05, 4.69) is 25.8 Å². The molecule has 0 saturated carbocycles. The molecule has 0 spiro atoms. The summed E-state index contributed by atoms with van der Waals surface area (Å²) in [6.07, 6.45) is 2.20. The average Bonchev–Trinajstić information content (AvgIpc) is 3.05. The Labute approximate surface area is 167 Å². The van der Waals surface area contributed by atoms with Gasteiger partial charge < -0.3 is 10.6 Å². The molecular weight excluding hydrogens is 374 g/mol. The summed E-state index contributed by atoms with van der Waals surface area (Å²) in [6.45, 7) is 7.12. The van der Waals surface area contributed by atoms with Gasteiger partial charge in [-0.05, 0) is 31.7 Å². The second-order valence-electron chi connectivity index (χ2n) is 7.38. The third kappa shape index (κ3) is 4.76. The number of hydrogen-bond acceptors (Lipinski definition) is 7. The van der Waals surface area contributed by atoms with Crippen molar-refractivity contribution >= 4 is 34.1 Å². The predicted octanol–water partition coefficient (Wildman–Crippen LogP) is 2.85. The molecule has 0 aliphatic heterocycles. The molecule has 2 aromatic heterocycles. The molecule has 0 radical (unpaired) electrons. The van der Waals surface area contributed by atoms with Crippen molar-refractivity contribution in [1.29, 1.82) is 0 Å². The minimum atomic E-state index is -0.439. The van der Waals surface area contributed by atoms with Gasteiger partial charge in [-0.3, -0.25) is 19.3 Å². The number of carbonyl (C=O) groups is 1. The first-order valence-corrected chi connectivity index (χ1v) is 9.67. The molecule has 3 aromatic rings. The number of fused-ring (bicyclic) bond motifs is 3. The van der Waals surface area contributed by atoms with Gasteiger partial charge in [0.05, 0.1) is 16.0 Å². The van der Waals surface area contributed by atoms with E-state index >= 15 is 0 Å². The highest BCUT2D eigenvalue weighted by Gasteiger charge is 2.15. The number of nitro groups is 1. The number of rotatable bonds is 9. The third-order valence-electron chi connectivity index (χ3n) is 4.49. The molecule has 154 valence electrons. The number of aromatic nitrogens is 4. The van der Waals surface area contributed by atoms with Crippen LogP contribution in [0.5, 0.6) is 0 Å². The maximum Gasteiger partial charge on any atom is 0.271 e. The van der Waals surface area contributed by atoms with E-state index < -0.39 is 4.92 Å². The van der Waals surface area contributed by atoms with E-state index in [4.69, 9.17) is 0 Å². The van der Waals surface area contributed by atoms with Gasteiger partial charge in [0.2, 0.25) is 11.6 Å². The van der Waals surface area contributed by atoms with Gasteiger partial charge in [0.1, 0.15) is 5.82 Å². The lowest BCUT2D eigenvalue weighted by atomic mass is 10.1. The predicted molar refractivity (Wildman–Crippen MR) is 110 cm³/mol. The Hall–Kier alpha value is -3.30. The second kappa shape index (κ2) is 8.80. The third-order valence-corrected chi connectivity index (χ3v) is 4.49. The molecule has 2 heterocycles. The zero-order chi connectivity index (χ0) is 21.0. The summed E-state index contributed by atoms with van der Waals surface area (Å²) in [4.78, 5) is 26.8. The highest BCUT2D eigenvalue weighted by atomic mass is 16.6. The van der Waals surface area contributed by atoms with Crippen molar-refractivity contribution in [2.75, 3.05) is 18.4 Å². The van der Waals surface area contributed by atoms with Crippen LogP contribution in [-0.2, 0) is 4.79 Å². The van der Waals surface area contributed by atoms with Crippen LogP contribution in [0, 0.1) is 23.0 Å². The van der Waals surface area contributed by atoms with Crippen molar-refractivity contribution < 1.29 is 9.72 Å². The Morgan fingerprint density at radius 3 is 2.72 bits per heavy atom. The van der Waals surface area contributed by atoms with Crippen LogP contribution < -0.4 is 10.6 Å². The molecule has 0 aliphatic rings. The van der Waals surface area contributed by atoms with Crippen molar-refractivity contribution in [1.82, 2.24) is 24.9 Å². The Morgan fingerprint density at radius 1 is 1.24 bits per heavy atom. The van der Waals surface area contributed by atoms with Crippen molar-refractivity contribution in [3.8, 4) is 0 Å². The molecule has 2 N–H and O–H groups in total. The SMILES string of the molecule is Cc1nnc2c(NCCCCNC(=O)CC(C)C)nc3cc([N+](=O)[O-])ccc3n12. The van der Waals surface area contributed by atoms with Gasteiger partial charge >= 0.3 is 0 Å². The normalized spacial score (nSPS) is 11.3. The number of non-ortho nitro benzene ring substituents is 1. The van der Waals surface area contributed by atoms with Crippen LogP contribution in [0.2, 0.25) is 0 Å². The van der Waals surface area contributed by atoms with E-state index in [-0.39, 0.29) is 11.6 Å². The number of nitro benzene ring substituents is 1. The summed E-state index contributed by atoms with van der Waals surface area (Å²) in [5.41, 5.74) is 1.77. The van der Waals surface area contributed by atoms with Crippen molar-refractivity contribution in [3.63, 3.8) is 0 Å². The van der Waals surface area contributed by atoms with Gasteiger partial charge in [-0.2, -0.15) is 0 Å². The summed E-state index contributed by atoms with van der Waals surface area (Å²) in [5.74, 6) is 1.63. The number of carbonyl (C=O) groups excluding carboxylic acids is 1. The maximum atomic E-state index is 11.7. The molecule has 10 heteroatoms. The number of nitrogens with zero attached hydrogens (tertiary/aromatic N) is 5. The summed E-state index contributed by atoms with van der Waals surface area (Å²) < 4.78 is 1.83. The van der Waals surface area contributed by atoms with Crippen LogP contribution in [0.4, 0.5) is 11.5 Å². The van der Waals surface area contributed by atoms with Crippen LogP contribution in [0.1, 0.15) is 38.9 Å². The first kappa shape index (κ1) is 20.4. The topological polar surface area (TPSA) is 127 Å². The van der Waals surface area contributed by atoms with Crippen molar-refractivity contribution in [2.45, 2.75) is 40.0 Å². The van der Waals surface area contributed by atoms with E-state index in [1.54, 1.807) is 6.07 Å². The largest absolute Gasteiger partial charge is 0.367 e. The van der Waals surface area contributed by atoms with E-state index in [1.807, 2.05) is 25.2 Å². The van der Waals surface area contributed by atoms with E-state index in [1.165, 1.54) is 12.1 Å². The molecule has 1 amide bonds. The fourth-order valence-electron chi connectivity index (χ4n) is 3.12. The first-order valence-electron chi connectivity index (χ1n) is 9.67. The monoisotopic (exact) mass is 399 g/mol. The molecule has 0 unspecified atom stereocenters. The van der Waals surface area contributed by atoms with Gasteiger partial charge in [0.15, 0.2) is 5.82 Å². The van der Waals surface area contributed by atoms with Crippen LogP contribution >= 0.6 is 0 Å². The van der Waals surface area contributed by atoms with Gasteiger partial charge in [0.25, 0.3) is 5.69 Å². The Morgan fingerprint density at radius 2 is 2.00 bits per heavy atom. The number of anilines is 1. The van der Waals surface area contributed by atoms with Crippen LogP contribution in [0.25, 0.3) is 16.7 Å². The lowest BCUT2D eigenvalue weighted by Gasteiger charge is -2.10. The number of aryl methyl sites for hydroxylation is 1. The van der Waals surface area contributed by atoms with Gasteiger partial charge in [-0.25, -0.2) is 4.98 Å². The molecular formula is C19H25N7O3. The van der Waals surface area contributed by atoms with E-state index in [0.29, 0.717) is 53.8 Å². The number of amides is 1. The molecule has 3 rings (SSSR count). The number of nitrogens with one attached hydrogen (secondary N) is 2. The fraction of sp³-hybridized carbons (Fsp3) is 0.474. The minimum Gasteiger partial charge on any atom is -0.367 e. The Kier molecular flexibility index (Phi) is 6.20. The van der Waals surface area contributed by atoms with Crippen molar-refractivity contribution in [2.24, 2.45) is 5.92 Å². The lowest BCUT2D eigenvalue weighted by molar-refractivity contribution is -0.384. The Balaban J connectivity index is 1.68. The molecule has 0 saturated heterocycles. The zero-order valence-electron chi connectivity index (χ0n) is 16.8. The molecule has 0 atom stereocenters. The van der Waals surface area contributed by atoms with Crippen LogP contribution in [0.3, 0.4) is 0 Å². The summed E-state index contributed by atoms with van der Waals surface area (Å²) in [6, 6.07) is 4.56. The van der Waals surface area contributed by atoms with Crippen LogP contribution in [-0.4, -0.2) is 43.5 Å². The molecule has 0 aliphatic carbocycles. The molecule has 0 bridgehead atoms. The highest BCUT2D eigenvalue weighted by Crippen LogP contribution is 2.25. The quantitative estimate of drug-likeness (QED) is 0.322. The molecule has 0 fully saturated rings. The lowest BCUT2D eigenvalue weighted by Crippen LogP contribution is -2.25. The van der Waals surface area contributed by atoms with E-state index in [0.717, 1.165) is 12.8 Å².